The van der Waals surface area contributed by atoms with Crippen LogP contribution in [0.15, 0.2) is 18.2 Å². The number of halogens is 4. The summed E-state index contributed by atoms with van der Waals surface area (Å²) < 4.78 is 51.1. The molecule has 1 aliphatic carbocycles. The number of hydrogen-bond acceptors (Lipinski definition) is 2. The maximum atomic E-state index is 13.3. The summed E-state index contributed by atoms with van der Waals surface area (Å²) in [6.07, 6.45) is -1.59. The van der Waals surface area contributed by atoms with Gasteiger partial charge in [-0.1, -0.05) is 6.42 Å². The molecule has 3 N–H and O–H groups in total. The van der Waals surface area contributed by atoms with E-state index in [0.29, 0.717) is 12.5 Å². The summed E-state index contributed by atoms with van der Waals surface area (Å²) in [5, 5.41) is 2.57. The van der Waals surface area contributed by atoms with Gasteiger partial charge >= 0.3 is 6.18 Å². The number of amides is 1. The quantitative estimate of drug-likeness (QED) is 0.842. The number of hydrogen-bond donors (Lipinski definition) is 2. The van der Waals surface area contributed by atoms with Crippen molar-refractivity contribution < 1.29 is 22.4 Å². The number of alkyl halides is 3. The monoisotopic (exact) mass is 318 g/mol. The van der Waals surface area contributed by atoms with Crippen molar-refractivity contribution in [3.8, 4) is 0 Å². The number of carbonyl (C=O) groups is 1. The minimum Gasteiger partial charge on any atom is -0.352 e. The maximum absolute atomic E-state index is 13.3. The largest absolute Gasteiger partial charge is 0.416 e. The third-order valence-corrected chi connectivity index (χ3v) is 3.84. The molecule has 122 valence electrons. The molecule has 2 atom stereocenters. The van der Waals surface area contributed by atoms with Gasteiger partial charge in [0.25, 0.3) is 0 Å². The van der Waals surface area contributed by atoms with E-state index in [1.165, 1.54) is 0 Å². The van der Waals surface area contributed by atoms with Gasteiger partial charge in [0, 0.05) is 18.5 Å². The van der Waals surface area contributed by atoms with Gasteiger partial charge in [-0.3, -0.25) is 4.79 Å². The Morgan fingerprint density at radius 1 is 1.27 bits per heavy atom. The summed E-state index contributed by atoms with van der Waals surface area (Å²) in [6, 6.07) is 2.25. The number of nitrogens with two attached hydrogens (primary N) is 1. The van der Waals surface area contributed by atoms with Crippen LogP contribution in [0.25, 0.3) is 0 Å². The molecule has 0 unspecified atom stereocenters. The highest BCUT2D eigenvalue weighted by Crippen LogP contribution is 2.30. The molecule has 0 bridgehead atoms. The Labute approximate surface area is 125 Å². The lowest BCUT2D eigenvalue weighted by molar-refractivity contribution is -0.137. The van der Waals surface area contributed by atoms with E-state index >= 15 is 0 Å². The number of carbonyl (C=O) groups excluding carboxylic acids is 1. The lowest BCUT2D eigenvalue weighted by Crippen LogP contribution is -2.37. The van der Waals surface area contributed by atoms with Gasteiger partial charge in [-0.25, -0.2) is 4.39 Å². The summed E-state index contributed by atoms with van der Waals surface area (Å²) >= 11 is 0. The Bertz CT molecular complexity index is 545. The SMILES string of the molecule is N[C@H]1CCC[C@@H](C(=O)NCc2cc(F)cc(C(F)(F)F)c2)C1. The number of benzene rings is 1. The van der Waals surface area contributed by atoms with Crippen molar-refractivity contribution in [3.05, 3.63) is 35.1 Å². The topological polar surface area (TPSA) is 55.1 Å². The molecule has 22 heavy (non-hydrogen) atoms. The van der Waals surface area contributed by atoms with Gasteiger partial charge < -0.3 is 11.1 Å². The highest BCUT2D eigenvalue weighted by Gasteiger charge is 2.31. The van der Waals surface area contributed by atoms with E-state index in [4.69, 9.17) is 5.73 Å². The standard InChI is InChI=1S/C15H18F4N2O/c16-12-5-9(4-11(7-12)15(17,18)19)8-21-14(22)10-2-1-3-13(20)6-10/h4-5,7,10,13H,1-3,6,8,20H2,(H,21,22)/t10-,13+/m1/s1. The van der Waals surface area contributed by atoms with Crippen LogP contribution in [0.5, 0.6) is 0 Å². The second-order valence-electron chi connectivity index (χ2n) is 5.69. The lowest BCUT2D eigenvalue weighted by atomic mass is 9.85. The molecule has 7 heteroatoms. The first-order valence-corrected chi connectivity index (χ1v) is 7.15. The summed E-state index contributed by atoms with van der Waals surface area (Å²) in [5.74, 6) is -1.44. The van der Waals surface area contributed by atoms with Crippen LogP contribution in [0.2, 0.25) is 0 Å². The van der Waals surface area contributed by atoms with Crippen LogP contribution in [0, 0.1) is 11.7 Å². The van der Waals surface area contributed by atoms with Crippen molar-refractivity contribution in [1.82, 2.24) is 5.32 Å². The van der Waals surface area contributed by atoms with Crippen molar-refractivity contribution >= 4 is 5.91 Å². The fraction of sp³-hybridized carbons (Fsp3) is 0.533. The molecule has 1 saturated carbocycles. The van der Waals surface area contributed by atoms with Crippen molar-refractivity contribution in [2.24, 2.45) is 11.7 Å². The molecular weight excluding hydrogens is 300 g/mol. The summed E-state index contributed by atoms with van der Waals surface area (Å²) in [4.78, 5) is 12.0. The first-order chi connectivity index (χ1) is 10.3. The fourth-order valence-corrected chi connectivity index (χ4v) is 2.72. The van der Waals surface area contributed by atoms with Crippen LogP contribution in [0.3, 0.4) is 0 Å². The Kier molecular flexibility index (Phi) is 5.05. The highest BCUT2D eigenvalue weighted by atomic mass is 19.4. The zero-order valence-electron chi connectivity index (χ0n) is 11.9. The molecule has 0 spiro atoms. The minimum absolute atomic E-state index is 0.0181. The Balaban J connectivity index is 1.99. The summed E-state index contributed by atoms with van der Waals surface area (Å²) in [5.41, 5.74) is 4.83. The average Bonchev–Trinajstić information content (AvgIpc) is 2.43. The fourth-order valence-electron chi connectivity index (χ4n) is 2.72. The molecule has 2 rings (SSSR count). The first kappa shape index (κ1) is 16.7. The molecule has 0 saturated heterocycles. The Morgan fingerprint density at radius 3 is 2.64 bits per heavy atom. The zero-order chi connectivity index (χ0) is 16.3. The first-order valence-electron chi connectivity index (χ1n) is 7.15. The van der Waals surface area contributed by atoms with Crippen molar-refractivity contribution in [2.75, 3.05) is 0 Å². The van der Waals surface area contributed by atoms with Crippen LogP contribution in [-0.4, -0.2) is 11.9 Å². The second-order valence-corrected chi connectivity index (χ2v) is 5.69. The molecule has 1 fully saturated rings. The van der Waals surface area contributed by atoms with Crippen LogP contribution >= 0.6 is 0 Å². The molecule has 1 aliphatic rings. The van der Waals surface area contributed by atoms with Gasteiger partial charge in [0.15, 0.2) is 0 Å². The third kappa shape index (κ3) is 4.43. The normalized spacial score (nSPS) is 22.4. The molecule has 0 aliphatic heterocycles. The molecule has 1 aromatic carbocycles. The van der Waals surface area contributed by atoms with Gasteiger partial charge in [-0.15, -0.1) is 0 Å². The van der Waals surface area contributed by atoms with E-state index in [2.05, 4.69) is 5.32 Å². The smallest absolute Gasteiger partial charge is 0.352 e. The minimum atomic E-state index is -4.61. The maximum Gasteiger partial charge on any atom is 0.416 e. The summed E-state index contributed by atoms with van der Waals surface area (Å²) in [7, 11) is 0. The van der Waals surface area contributed by atoms with Crippen LogP contribution in [0.1, 0.15) is 36.8 Å². The molecule has 3 nitrogen and oxygen atoms in total. The number of nitrogens with one attached hydrogen (secondary N) is 1. The van der Waals surface area contributed by atoms with E-state index in [1.54, 1.807) is 0 Å². The van der Waals surface area contributed by atoms with Gasteiger partial charge in [-0.05, 0) is 43.0 Å². The molecule has 0 radical (unpaired) electrons. The van der Waals surface area contributed by atoms with Gasteiger partial charge in [0.1, 0.15) is 5.82 Å². The lowest BCUT2D eigenvalue weighted by Gasteiger charge is -2.25. The Hall–Kier alpha value is -1.63. The third-order valence-electron chi connectivity index (χ3n) is 3.84. The Morgan fingerprint density at radius 2 is 2.00 bits per heavy atom. The van der Waals surface area contributed by atoms with E-state index in [9.17, 15) is 22.4 Å². The van der Waals surface area contributed by atoms with Crippen molar-refractivity contribution in [1.29, 1.82) is 0 Å². The molecule has 1 aromatic rings. The molecule has 1 amide bonds. The number of rotatable bonds is 3. The van der Waals surface area contributed by atoms with Crippen LogP contribution in [-0.2, 0) is 17.5 Å². The predicted octanol–water partition coefficient (Wildman–Crippen LogP) is 2.98. The average molecular weight is 318 g/mol. The van der Waals surface area contributed by atoms with E-state index in [-0.39, 0.29) is 30.0 Å². The zero-order valence-corrected chi connectivity index (χ0v) is 11.9. The van der Waals surface area contributed by atoms with Crippen molar-refractivity contribution in [2.45, 2.75) is 44.4 Å². The van der Waals surface area contributed by atoms with Gasteiger partial charge in [0.05, 0.1) is 5.56 Å². The molecule has 0 heterocycles. The summed E-state index contributed by atoms with van der Waals surface area (Å²) in [6.45, 7) is -0.134. The predicted molar refractivity (Wildman–Crippen MR) is 73.2 cm³/mol. The second kappa shape index (κ2) is 6.64. The van der Waals surface area contributed by atoms with Crippen molar-refractivity contribution in [3.63, 3.8) is 0 Å². The highest BCUT2D eigenvalue weighted by molar-refractivity contribution is 5.78. The van der Waals surface area contributed by atoms with E-state index in [0.717, 1.165) is 31.4 Å². The van der Waals surface area contributed by atoms with Gasteiger partial charge in [0.2, 0.25) is 5.91 Å². The van der Waals surface area contributed by atoms with Crippen LogP contribution in [0.4, 0.5) is 17.6 Å². The van der Waals surface area contributed by atoms with E-state index < -0.39 is 17.6 Å². The molecular formula is C15H18F4N2O. The van der Waals surface area contributed by atoms with E-state index in [1.807, 2.05) is 0 Å². The van der Waals surface area contributed by atoms with Gasteiger partial charge in [-0.2, -0.15) is 13.2 Å². The van der Waals surface area contributed by atoms with Crippen LogP contribution < -0.4 is 11.1 Å². The molecule has 0 aromatic heterocycles.